The molecule has 0 unspecified atom stereocenters. The number of amides is 1. The molecule has 2 N–H and O–H groups in total. The van der Waals surface area contributed by atoms with Gasteiger partial charge >= 0.3 is 5.97 Å². The predicted molar refractivity (Wildman–Crippen MR) is 63.2 cm³/mol. The average Bonchev–Trinajstić information content (AvgIpc) is 2.24. The van der Waals surface area contributed by atoms with Gasteiger partial charge in [-0.3, -0.25) is 4.79 Å². The van der Waals surface area contributed by atoms with Crippen LogP contribution in [0.15, 0.2) is 0 Å². The van der Waals surface area contributed by atoms with Crippen LogP contribution in [0.25, 0.3) is 0 Å². The van der Waals surface area contributed by atoms with Crippen molar-refractivity contribution < 1.29 is 14.7 Å². The maximum atomic E-state index is 11.4. The number of nitrogens with one attached hydrogen (secondary N) is 1. The van der Waals surface area contributed by atoms with Crippen molar-refractivity contribution in [2.75, 3.05) is 0 Å². The molecule has 0 rings (SSSR count). The Balaban J connectivity index is 3.88. The van der Waals surface area contributed by atoms with Crippen LogP contribution in [0, 0.1) is 0 Å². The maximum Gasteiger partial charge on any atom is 0.326 e. The smallest absolute Gasteiger partial charge is 0.326 e. The molecule has 16 heavy (non-hydrogen) atoms. The zero-order valence-corrected chi connectivity index (χ0v) is 10.3. The molecule has 0 radical (unpaired) electrons. The third kappa shape index (κ3) is 7.26. The van der Waals surface area contributed by atoms with Crippen molar-refractivity contribution in [2.24, 2.45) is 0 Å². The van der Waals surface area contributed by atoms with Gasteiger partial charge in [-0.15, -0.1) is 0 Å². The van der Waals surface area contributed by atoms with Crippen LogP contribution in [-0.2, 0) is 9.59 Å². The van der Waals surface area contributed by atoms with Gasteiger partial charge in [-0.1, -0.05) is 39.5 Å². The van der Waals surface area contributed by atoms with Gasteiger partial charge in [-0.2, -0.15) is 0 Å². The number of rotatable bonds is 9. The molecule has 1 amide bonds. The molecule has 0 aliphatic rings. The van der Waals surface area contributed by atoms with E-state index in [1.807, 2.05) is 6.92 Å². The highest BCUT2D eigenvalue weighted by molar-refractivity contribution is 5.83. The molecule has 0 fully saturated rings. The van der Waals surface area contributed by atoms with Gasteiger partial charge in [0.2, 0.25) is 5.91 Å². The average molecular weight is 229 g/mol. The Hall–Kier alpha value is -1.06. The molecule has 0 aliphatic heterocycles. The molecule has 4 heteroatoms. The largest absolute Gasteiger partial charge is 0.480 e. The van der Waals surface area contributed by atoms with Gasteiger partial charge < -0.3 is 10.4 Å². The molecule has 0 heterocycles. The Bertz CT molecular complexity index is 216. The van der Waals surface area contributed by atoms with Gasteiger partial charge in [0.1, 0.15) is 6.04 Å². The van der Waals surface area contributed by atoms with Crippen molar-refractivity contribution in [1.82, 2.24) is 5.32 Å². The standard InChI is InChI=1S/C12H23NO3/c1-3-5-7-9-11(14)13-10(12(15)16)8-6-4-2/h10H,3-9H2,1-2H3,(H,13,14)(H,15,16)/t10-/m1/s1. The fourth-order valence-corrected chi connectivity index (χ4v) is 1.47. The Morgan fingerprint density at radius 1 is 1.12 bits per heavy atom. The molecule has 4 nitrogen and oxygen atoms in total. The minimum absolute atomic E-state index is 0.142. The highest BCUT2D eigenvalue weighted by Gasteiger charge is 2.18. The normalized spacial score (nSPS) is 12.1. The second kappa shape index (κ2) is 9.19. The Morgan fingerprint density at radius 2 is 1.75 bits per heavy atom. The third-order valence-electron chi connectivity index (χ3n) is 2.49. The van der Waals surface area contributed by atoms with E-state index < -0.39 is 12.0 Å². The second-order valence-electron chi connectivity index (χ2n) is 4.06. The van der Waals surface area contributed by atoms with Crippen LogP contribution in [-0.4, -0.2) is 23.0 Å². The van der Waals surface area contributed by atoms with E-state index in [0.29, 0.717) is 12.8 Å². The minimum atomic E-state index is -0.933. The number of carboxylic acid groups (broad SMARTS) is 1. The monoisotopic (exact) mass is 229 g/mol. The quantitative estimate of drug-likeness (QED) is 0.596. The van der Waals surface area contributed by atoms with Crippen LogP contribution in [0.3, 0.4) is 0 Å². The highest BCUT2D eigenvalue weighted by Crippen LogP contribution is 2.03. The van der Waals surface area contributed by atoms with Crippen molar-refractivity contribution in [3.05, 3.63) is 0 Å². The lowest BCUT2D eigenvalue weighted by Crippen LogP contribution is -2.40. The zero-order chi connectivity index (χ0) is 12.4. The molecule has 0 aromatic carbocycles. The number of aliphatic carboxylic acids is 1. The summed E-state index contributed by atoms with van der Waals surface area (Å²) in [6.07, 6.45) is 5.63. The van der Waals surface area contributed by atoms with E-state index in [2.05, 4.69) is 12.2 Å². The Kier molecular flexibility index (Phi) is 8.58. The molecule has 0 aromatic heterocycles. The fraction of sp³-hybridized carbons (Fsp3) is 0.833. The molecule has 94 valence electrons. The summed E-state index contributed by atoms with van der Waals surface area (Å²) in [6, 6.07) is -0.714. The first-order chi connectivity index (χ1) is 7.61. The summed E-state index contributed by atoms with van der Waals surface area (Å²) in [6.45, 7) is 4.07. The van der Waals surface area contributed by atoms with Gasteiger partial charge in [0.15, 0.2) is 0 Å². The van der Waals surface area contributed by atoms with Crippen molar-refractivity contribution in [1.29, 1.82) is 0 Å². The summed E-state index contributed by atoms with van der Waals surface area (Å²) in [5.41, 5.74) is 0. The van der Waals surface area contributed by atoms with Gasteiger partial charge in [0.05, 0.1) is 0 Å². The second-order valence-corrected chi connectivity index (χ2v) is 4.06. The Morgan fingerprint density at radius 3 is 2.25 bits per heavy atom. The summed E-state index contributed by atoms with van der Waals surface area (Å²) in [5, 5.41) is 11.5. The SMILES string of the molecule is CCCCCC(=O)N[C@H](CCCC)C(=O)O. The van der Waals surface area contributed by atoms with Crippen molar-refractivity contribution in [3.63, 3.8) is 0 Å². The molecular weight excluding hydrogens is 206 g/mol. The Labute approximate surface area is 97.4 Å². The first-order valence-corrected chi connectivity index (χ1v) is 6.14. The number of hydrogen-bond donors (Lipinski definition) is 2. The molecule has 0 saturated heterocycles. The third-order valence-corrected chi connectivity index (χ3v) is 2.49. The molecular formula is C12H23NO3. The molecule has 0 spiro atoms. The van der Waals surface area contributed by atoms with Crippen LogP contribution >= 0.6 is 0 Å². The van der Waals surface area contributed by atoms with Crippen LogP contribution < -0.4 is 5.32 Å². The van der Waals surface area contributed by atoms with E-state index in [-0.39, 0.29) is 5.91 Å². The molecule has 0 aliphatic carbocycles. The van der Waals surface area contributed by atoms with Crippen molar-refractivity contribution in [2.45, 2.75) is 64.8 Å². The lowest BCUT2D eigenvalue weighted by molar-refractivity contribution is -0.142. The van der Waals surface area contributed by atoms with Crippen LogP contribution in [0.1, 0.15) is 58.8 Å². The van der Waals surface area contributed by atoms with E-state index in [0.717, 1.165) is 32.1 Å². The maximum absolute atomic E-state index is 11.4. The summed E-state index contributed by atoms with van der Waals surface area (Å²) in [7, 11) is 0. The number of carbonyl (C=O) groups excluding carboxylic acids is 1. The van der Waals surface area contributed by atoms with Crippen molar-refractivity contribution in [3.8, 4) is 0 Å². The van der Waals surface area contributed by atoms with Gasteiger partial charge in [-0.25, -0.2) is 4.79 Å². The molecule has 0 aromatic rings. The van der Waals surface area contributed by atoms with Crippen LogP contribution in [0.5, 0.6) is 0 Å². The number of carbonyl (C=O) groups is 2. The lowest BCUT2D eigenvalue weighted by Gasteiger charge is -2.13. The summed E-state index contributed by atoms with van der Waals surface area (Å²) in [5.74, 6) is -1.07. The zero-order valence-electron chi connectivity index (χ0n) is 10.3. The van der Waals surface area contributed by atoms with Gasteiger partial charge in [0.25, 0.3) is 0 Å². The summed E-state index contributed by atoms with van der Waals surface area (Å²) < 4.78 is 0. The van der Waals surface area contributed by atoms with Gasteiger partial charge in [0, 0.05) is 6.42 Å². The molecule has 0 saturated carbocycles. The summed E-state index contributed by atoms with van der Waals surface area (Å²) in [4.78, 5) is 22.3. The lowest BCUT2D eigenvalue weighted by atomic mass is 10.1. The first kappa shape index (κ1) is 14.9. The van der Waals surface area contributed by atoms with Crippen LogP contribution in [0.2, 0.25) is 0 Å². The van der Waals surface area contributed by atoms with E-state index in [1.54, 1.807) is 0 Å². The topological polar surface area (TPSA) is 66.4 Å². The summed E-state index contributed by atoms with van der Waals surface area (Å²) >= 11 is 0. The van der Waals surface area contributed by atoms with E-state index in [1.165, 1.54) is 0 Å². The van der Waals surface area contributed by atoms with Gasteiger partial charge in [-0.05, 0) is 12.8 Å². The van der Waals surface area contributed by atoms with E-state index in [9.17, 15) is 9.59 Å². The highest BCUT2D eigenvalue weighted by atomic mass is 16.4. The first-order valence-electron chi connectivity index (χ1n) is 6.14. The molecule has 0 bridgehead atoms. The predicted octanol–water partition coefficient (Wildman–Crippen LogP) is 2.33. The molecule has 1 atom stereocenters. The number of unbranched alkanes of at least 4 members (excludes halogenated alkanes) is 3. The van der Waals surface area contributed by atoms with Crippen LogP contribution in [0.4, 0.5) is 0 Å². The van der Waals surface area contributed by atoms with Crippen molar-refractivity contribution >= 4 is 11.9 Å². The number of hydrogen-bond acceptors (Lipinski definition) is 2. The fourth-order valence-electron chi connectivity index (χ4n) is 1.47. The number of carboxylic acids is 1. The minimum Gasteiger partial charge on any atom is -0.480 e. The van der Waals surface area contributed by atoms with E-state index >= 15 is 0 Å². The van der Waals surface area contributed by atoms with E-state index in [4.69, 9.17) is 5.11 Å².